The lowest BCUT2D eigenvalue weighted by Gasteiger charge is -2.10. The lowest BCUT2D eigenvalue weighted by atomic mass is 9.98. The predicted octanol–water partition coefficient (Wildman–Crippen LogP) is 3.89. The second-order valence-electron chi connectivity index (χ2n) is 5.81. The van der Waals surface area contributed by atoms with Crippen LogP contribution in [-0.2, 0) is 11.3 Å². The lowest BCUT2D eigenvalue weighted by molar-refractivity contribution is -0.384. The molecule has 0 N–H and O–H groups in total. The maximum absolute atomic E-state index is 12.6. The summed E-state index contributed by atoms with van der Waals surface area (Å²) in [6.45, 7) is 4.36. The first-order valence-corrected chi connectivity index (χ1v) is 9.13. The van der Waals surface area contributed by atoms with Crippen LogP contribution in [0.25, 0.3) is 10.2 Å². The molecule has 1 aromatic carbocycles. The van der Waals surface area contributed by atoms with Crippen molar-refractivity contribution in [2.24, 2.45) is 10.9 Å². The fourth-order valence-corrected chi connectivity index (χ4v) is 3.85. The van der Waals surface area contributed by atoms with Gasteiger partial charge < -0.3 is 4.57 Å². The molecule has 7 heteroatoms. The molecule has 0 atom stereocenters. The van der Waals surface area contributed by atoms with E-state index in [-0.39, 0.29) is 24.1 Å². The van der Waals surface area contributed by atoms with E-state index in [1.807, 2.05) is 13.8 Å². The molecule has 1 amide bonds. The molecule has 0 aliphatic heterocycles. The number of hydrogen-bond acceptors (Lipinski definition) is 4. The van der Waals surface area contributed by atoms with E-state index in [9.17, 15) is 14.9 Å². The van der Waals surface area contributed by atoms with Crippen LogP contribution in [0, 0.1) is 28.4 Å². The zero-order chi connectivity index (χ0) is 18.4. The minimum atomic E-state index is -0.439. The van der Waals surface area contributed by atoms with Crippen molar-refractivity contribution in [2.75, 3.05) is 0 Å². The van der Waals surface area contributed by atoms with Crippen molar-refractivity contribution in [3.05, 3.63) is 33.1 Å². The molecule has 0 radical (unpaired) electrons. The molecule has 0 unspecified atom stereocenters. The van der Waals surface area contributed by atoms with Crippen LogP contribution in [0.4, 0.5) is 5.69 Å². The van der Waals surface area contributed by atoms with Gasteiger partial charge >= 0.3 is 0 Å². The fraction of sp³-hybridized carbons (Fsp3) is 0.444. The van der Waals surface area contributed by atoms with Gasteiger partial charge in [-0.25, -0.2) is 0 Å². The lowest BCUT2D eigenvalue weighted by Crippen LogP contribution is -2.20. The second-order valence-corrected chi connectivity index (χ2v) is 6.82. The summed E-state index contributed by atoms with van der Waals surface area (Å²) >= 11 is 1.25. The number of terminal acetylenes is 1. The number of rotatable bonds is 7. The van der Waals surface area contributed by atoms with Gasteiger partial charge in [-0.3, -0.25) is 14.9 Å². The molecule has 0 aliphatic carbocycles. The van der Waals surface area contributed by atoms with Gasteiger partial charge in [-0.1, -0.05) is 43.9 Å². The monoisotopic (exact) mass is 359 g/mol. The average molecular weight is 359 g/mol. The van der Waals surface area contributed by atoms with Crippen LogP contribution < -0.4 is 4.80 Å². The van der Waals surface area contributed by atoms with E-state index in [1.54, 1.807) is 10.6 Å². The molecule has 132 valence electrons. The number of amides is 1. The van der Waals surface area contributed by atoms with Gasteiger partial charge in [0, 0.05) is 18.1 Å². The molecular formula is C18H21N3O3S. The molecule has 0 spiro atoms. The van der Waals surface area contributed by atoms with Gasteiger partial charge in [0.15, 0.2) is 4.80 Å². The number of nitro benzene ring substituents is 1. The SMILES string of the molecule is C#CCn1c(=NC(=O)C(CCC)CCC)sc2cc([N+](=O)[O-])ccc21. The van der Waals surface area contributed by atoms with Crippen molar-refractivity contribution < 1.29 is 9.72 Å². The van der Waals surface area contributed by atoms with Gasteiger partial charge in [0.1, 0.15) is 0 Å². The molecule has 0 aliphatic rings. The summed E-state index contributed by atoms with van der Waals surface area (Å²) in [5.41, 5.74) is 0.761. The highest BCUT2D eigenvalue weighted by atomic mass is 32.1. The fourth-order valence-electron chi connectivity index (χ4n) is 2.78. The van der Waals surface area contributed by atoms with Crippen molar-refractivity contribution in [3.63, 3.8) is 0 Å². The Bertz CT molecular complexity index is 883. The van der Waals surface area contributed by atoms with Gasteiger partial charge in [0.25, 0.3) is 11.6 Å². The molecule has 0 bridgehead atoms. The van der Waals surface area contributed by atoms with Crippen LogP contribution >= 0.6 is 11.3 Å². The van der Waals surface area contributed by atoms with Gasteiger partial charge in [0.2, 0.25) is 0 Å². The van der Waals surface area contributed by atoms with Gasteiger partial charge in [-0.15, -0.1) is 6.42 Å². The van der Waals surface area contributed by atoms with E-state index in [4.69, 9.17) is 6.42 Å². The van der Waals surface area contributed by atoms with Crippen LogP contribution in [0.1, 0.15) is 39.5 Å². The molecule has 6 nitrogen and oxygen atoms in total. The molecule has 0 fully saturated rings. The zero-order valence-electron chi connectivity index (χ0n) is 14.4. The number of carbonyl (C=O) groups excluding carboxylic acids is 1. The topological polar surface area (TPSA) is 77.5 Å². The zero-order valence-corrected chi connectivity index (χ0v) is 15.2. The minimum Gasteiger partial charge on any atom is -0.305 e. The number of nitro groups is 1. The number of benzene rings is 1. The van der Waals surface area contributed by atoms with Gasteiger partial charge in [0.05, 0.1) is 21.7 Å². The number of non-ortho nitro benzene ring substituents is 1. The van der Waals surface area contributed by atoms with Crippen LogP contribution in [-0.4, -0.2) is 15.4 Å². The van der Waals surface area contributed by atoms with Crippen molar-refractivity contribution in [1.29, 1.82) is 0 Å². The summed E-state index contributed by atoms with van der Waals surface area (Å²) < 4.78 is 2.45. The Kier molecular flexibility index (Phi) is 6.48. The Morgan fingerprint density at radius 3 is 2.64 bits per heavy atom. The maximum atomic E-state index is 12.6. The molecule has 2 aromatic rings. The average Bonchev–Trinajstić information content (AvgIpc) is 2.91. The summed E-state index contributed by atoms with van der Waals surface area (Å²) in [6.07, 6.45) is 8.91. The number of thiazole rings is 1. The third-order valence-electron chi connectivity index (χ3n) is 3.96. The third-order valence-corrected chi connectivity index (χ3v) is 5.00. The minimum absolute atomic E-state index is 0.00864. The molecule has 1 heterocycles. The van der Waals surface area contributed by atoms with Crippen LogP contribution in [0.2, 0.25) is 0 Å². The van der Waals surface area contributed by atoms with Crippen molar-refractivity contribution in [1.82, 2.24) is 4.57 Å². The number of hydrogen-bond donors (Lipinski definition) is 0. The van der Waals surface area contributed by atoms with Crippen LogP contribution in [0.5, 0.6) is 0 Å². The maximum Gasteiger partial charge on any atom is 0.270 e. The first-order valence-electron chi connectivity index (χ1n) is 8.31. The molecule has 25 heavy (non-hydrogen) atoms. The highest BCUT2D eigenvalue weighted by Gasteiger charge is 2.17. The Morgan fingerprint density at radius 2 is 2.08 bits per heavy atom. The highest BCUT2D eigenvalue weighted by molar-refractivity contribution is 7.16. The van der Waals surface area contributed by atoms with Crippen LogP contribution in [0.3, 0.4) is 0 Å². The summed E-state index contributed by atoms with van der Waals surface area (Å²) in [7, 11) is 0. The summed E-state index contributed by atoms with van der Waals surface area (Å²) in [4.78, 5) is 27.9. The quantitative estimate of drug-likeness (QED) is 0.427. The Hall–Kier alpha value is -2.46. The molecule has 0 saturated carbocycles. The summed E-state index contributed by atoms with van der Waals surface area (Å²) in [6, 6.07) is 4.58. The molecule has 0 saturated heterocycles. The van der Waals surface area contributed by atoms with E-state index in [2.05, 4.69) is 10.9 Å². The number of fused-ring (bicyclic) bond motifs is 1. The van der Waals surface area contributed by atoms with Crippen molar-refractivity contribution >= 4 is 33.1 Å². The first-order chi connectivity index (χ1) is 12.0. The normalized spacial score (nSPS) is 11.8. The third kappa shape index (κ3) is 4.34. The Balaban J connectivity index is 2.54. The van der Waals surface area contributed by atoms with E-state index in [1.165, 1.54) is 23.5 Å². The standard InChI is InChI=1S/C18H21N3O3S/c1-4-7-13(8-5-2)17(22)19-18-20(11-6-3)15-10-9-14(21(23)24)12-16(15)25-18/h3,9-10,12-13H,4-5,7-8,11H2,1-2H3. The number of aromatic nitrogens is 1. The molecular weight excluding hydrogens is 338 g/mol. The Labute approximate surface area is 150 Å². The van der Waals surface area contributed by atoms with Crippen molar-refractivity contribution in [2.45, 2.75) is 46.1 Å². The number of carbonyl (C=O) groups is 1. The van der Waals surface area contributed by atoms with E-state index < -0.39 is 4.92 Å². The van der Waals surface area contributed by atoms with Crippen LogP contribution in [0.15, 0.2) is 23.2 Å². The Morgan fingerprint density at radius 1 is 1.40 bits per heavy atom. The van der Waals surface area contributed by atoms with E-state index in [0.717, 1.165) is 31.2 Å². The first kappa shape index (κ1) is 18.9. The predicted molar refractivity (Wildman–Crippen MR) is 99.2 cm³/mol. The second kappa shape index (κ2) is 8.58. The van der Waals surface area contributed by atoms with Crippen molar-refractivity contribution in [3.8, 4) is 12.3 Å². The van der Waals surface area contributed by atoms with E-state index >= 15 is 0 Å². The summed E-state index contributed by atoms with van der Waals surface area (Å²) in [5.74, 6) is 2.33. The largest absolute Gasteiger partial charge is 0.305 e. The van der Waals surface area contributed by atoms with Gasteiger partial charge in [-0.2, -0.15) is 4.99 Å². The smallest absolute Gasteiger partial charge is 0.270 e. The highest BCUT2D eigenvalue weighted by Crippen LogP contribution is 2.23. The number of nitrogens with zero attached hydrogens (tertiary/aromatic N) is 3. The van der Waals surface area contributed by atoms with E-state index in [0.29, 0.717) is 9.50 Å². The molecule has 2 rings (SSSR count). The van der Waals surface area contributed by atoms with Gasteiger partial charge in [-0.05, 0) is 18.9 Å². The summed E-state index contributed by atoms with van der Waals surface area (Å²) in [5, 5.41) is 11.0. The molecule has 1 aromatic heterocycles.